The third kappa shape index (κ3) is 5.79. The summed E-state index contributed by atoms with van der Waals surface area (Å²) in [5.41, 5.74) is -1.56. The summed E-state index contributed by atoms with van der Waals surface area (Å²) in [4.78, 5) is 38.0. The molecule has 0 aliphatic heterocycles. The van der Waals surface area contributed by atoms with Crippen molar-refractivity contribution in [3.05, 3.63) is 59.7 Å². The van der Waals surface area contributed by atoms with E-state index in [0.29, 0.717) is 11.1 Å². The number of aliphatic hydroxyl groups is 2. The maximum Gasteiger partial charge on any atom is 0.338 e. The number of allylic oxidation sites excluding steroid dienone is 1. The van der Waals surface area contributed by atoms with Gasteiger partial charge in [-0.1, -0.05) is 50.3 Å². The predicted molar refractivity (Wildman–Crippen MR) is 135 cm³/mol. The fourth-order valence-corrected chi connectivity index (χ4v) is 5.33. The van der Waals surface area contributed by atoms with Crippen LogP contribution >= 0.6 is 0 Å². The third-order valence-electron chi connectivity index (χ3n) is 7.54. The minimum absolute atomic E-state index is 0.0867. The number of benzene rings is 1. The first kappa shape index (κ1) is 27.8. The molecule has 36 heavy (non-hydrogen) atoms. The average molecular weight is 499 g/mol. The monoisotopic (exact) mass is 498 g/mol. The maximum atomic E-state index is 13.0. The van der Waals surface area contributed by atoms with Crippen molar-refractivity contribution >= 4 is 17.7 Å². The second-order valence-corrected chi connectivity index (χ2v) is 11.0. The highest BCUT2D eigenvalue weighted by Gasteiger charge is 2.58. The summed E-state index contributed by atoms with van der Waals surface area (Å²) in [6.45, 7) is 10.2. The van der Waals surface area contributed by atoms with Gasteiger partial charge in [0.05, 0.1) is 11.7 Å². The second-order valence-electron chi connectivity index (χ2n) is 11.0. The van der Waals surface area contributed by atoms with Gasteiger partial charge in [0.15, 0.2) is 0 Å². The van der Waals surface area contributed by atoms with E-state index in [1.54, 1.807) is 69.3 Å². The van der Waals surface area contributed by atoms with Gasteiger partial charge in [-0.3, -0.25) is 9.59 Å². The van der Waals surface area contributed by atoms with Crippen LogP contribution in [0.2, 0.25) is 0 Å². The Morgan fingerprint density at radius 2 is 1.72 bits per heavy atom. The molecule has 7 nitrogen and oxygen atoms in total. The van der Waals surface area contributed by atoms with Gasteiger partial charge in [-0.25, -0.2) is 4.79 Å². The molecule has 0 spiro atoms. The molecule has 0 saturated heterocycles. The number of aliphatic hydroxyl groups excluding tert-OH is 1. The van der Waals surface area contributed by atoms with Crippen LogP contribution in [0.5, 0.6) is 0 Å². The van der Waals surface area contributed by atoms with Crippen LogP contribution in [0.15, 0.2) is 54.1 Å². The number of rotatable bonds is 3. The summed E-state index contributed by atoms with van der Waals surface area (Å²) < 4.78 is 11.7. The molecular weight excluding hydrogens is 460 g/mol. The van der Waals surface area contributed by atoms with Gasteiger partial charge in [0.25, 0.3) is 0 Å². The zero-order valence-electron chi connectivity index (χ0n) is 21.9. The summed E-state index contributed by atoms with van der Waals surface area (Å²) in [6, 6.07) is 8.59. The number of Topliss-reactive ketones (excluding diaryl/α,β-unsaturated/α-hetero) is 1. The molecule has 3 rings (SSSR count). The molecule has 2 N–H and O–H groups in total. The first-order valence-electron chi connectivity index (χ1n) is 12.5. The Labute approximate surface area is 213 Å². The zero-order valence-corrected chi connectivity index (χ0v) is 21.9. The van der Waals surface area contributed by atoms with Crippen molar-refractivity contribution < 1.29 is 34.1 Å². The molecule has 2 aliphatic carbocycles. The van der Waals surface area contributed by atoms with E-state index in [1.165, 1.54) is 6.92 Å². The summed E-state index contributed by atoms with van der Waals surface area (Å²) >= 11 is 0. The van der Waals surface area contributed by atoms with E-state index in [0.717, 1.165) is 0 Å². The molecule has 0 amide bonds. The molecule has 7 heteroatoms. The molecule has 0 radical (unpaired) electrons. The first-order valence-corrected chi connectivity index (χ1v) is 12.5. The molecule has 1 aromatic rings. The van der Waals surface area contributed by atoms with Gasteiger partial charge < -0.3 is 19.7 Å². The third-order valence-corrected chi connectivity index (χ3v) is 7.54. The minimum Gasteiger partial charge on any atom is -0.459 e. The molecule has 0 heterocycles. The van der Waals surface area contributed by atoms with Gasteiger partial charge in [0, 0.05) is 30.6 Å². The summed E-state index contributed by atoms with van der Waals surface area (Å²) in [5, 5.41) is 23.0. The number of fused-ring (bicyclic) bond motifs is 1. The molecule has 1 saturated carbocycles. The summed E-state index contributed by atoms with van der Waals surface area (Å²) in [5.74, 6) is -2.71. The Kier molecular flexibility index (Phi) is 8.26. The summed E-state index contributed by atoms with van der Waals surface area (Å²) in [7, 11) is 0. The van der Waals surface area contributed by atoms with Gasteiger partial charge in [-0.15, -0.1) is 0 Å². The van der Waals surface area contributed by atoms with Crippen LogP contribution < -0.4 is 0 Å². The Hall–Kier alpha value is -2.77. The van der Waals surface area contributed by atoms with Crippen LogP contribution in [-0.2, 0) is 19.1 Å². The fourth-order valence-electron chi connectivity index (χ4n) is 5.33. The van der Waals surface area contributed by atoms with Crippen LogP contribution in [0.4, 0.5) is 0 Å². The lowest BCUT2D eigenvalue weighted by Crippen LogP contribution is -2.52. The van der Waals surface area contributed by atoms with Crippen molar-refractivity contribution in [2.75, 3.05) is 0 Å². The number of hydrogen-bond donors (Lipinski definition) is 2. The molecular formula is C29H38O7. The quantitative estimate of drug-likeness (QED) is 0.478. The maximum absolute atomic E-state index is 13.0. The van der Waals surface area contributed by atoms with Crippen molar-refractivity contribution in [2.24, 2.45) is 23.2 Å². The van der Waals surface area contributed by atoms with Crippen LogP contribution in [0.3, 0.4) is 0 Å². The van der Waals surface area contributed by atoms with Crippen LogP contribution in [-0.4, -0.2) is 51.8 Å². The SMILES string of the molecule is CC(=O)O[C@H]1[C@@H](C)/C=C/C(C)(C)C(=O)C[C@@H](O)/C(C)=C/[C@H]2[C@@H](OC(=O)c3ccccc3)[C@@H](C)C[C@@]21O. The number of ketones is 1. The Bertz CT molecular complexity index is 1040. The number of ether oxygens (including phenoxy) is 2. The largest absolute Gasteiger partial charge is 0.459 e. The molecule has 0 unspecified atom stereocenters. The van der Waals surface area contributed by atoms with E-state index >= 15 is 0 Å². The Morgan fingerprint density at radius 1 is 1.08 bits per heavy atom. The van der Waals surface area contributed by atoms with Crippen LogP contribution in [0.1, 0.15) is 64.7 Å². The molecule has 0 aromatic heterocycles. The van der Waals surface area contributed by atoms with Crippen molar-refractivity contribution in [1.29, 1.82) is 0 Å². The number of hydrogen-bond acceptors (Lipinski definition) is 7. The summed E-state index contributed by atoms with van der Waals surface area (Å²) in [6.07, 6.45) is 2.55. The first-order chi connectivity index (χ1) is 16.8. The highest BCUT2D eigenvalue weighted by molar-refractivity contribution is 5.89. The van der Waals surface area contributed by atoms with Gasteiger partial charge in [0.2, 0.25) is 0 Å². The van der Waals surface area contributed by atoms with Gasteiger partial charge >= 0.3 is 11.9 Å². The van der Waals surface area contributed by atoms with Crippen molar-refractivity contribution in [2.45, 2.75) is 78.3 Å². The lowest BCUT2D eigenvalue weighted by atomic mass is 9.75. The topological polar surface area (TPSA) is 110 Å². The standard InChI is InChI=1S/C29H38O7/c1-17-12-13-28(5,6)24(32)15-23(31)18(2)14-22-25(36-27(33)21-10-8-7-9-11-21)19(3)16-29(22,34)26(17)35-20(4)30/h7-14,17,19,22-23,25-26,31,34H,15-16H2,1-6H3/b13-12+,18-14+/t17-,19-,22-,23+,25-,26-,29+/m0/s1. The molecule has 1 fully saturated rings. The van der Waals surface area contributed by atoms with Crippen LogP contribution in [0, 0.1) is 23.2 Å². The second kappa shape index (κ2) is 10.7. The zero-order chi connectivity index (χ0) is 26.8. The minimum atomic E-state index is -1.58. The van der Waals surface area contributed by atoms with E-state index in [1.807, 2.05) is 13.8 Å². The highest BCUT2D eigenvalue weighted by atomic mass is 16.6. The van der Waals surface area contributed by atoms with Crippen LogP contribution in [0.25, 0.3) is 0 Å². The average Bonchev–Trinajstić information content (AvgIpc) is 3.05. The number of carbonyl (C=O) groups excluding carboxylic acids is 3. The molecule has 2 aliphatic rings. The Morgan fingerprint density at radius 3 is 2.33 bits per heavy atom. The number of esters is 2. The molecule has 1 aromatic carbocycles. The molecule has 7 atom stereocenters. The van der Waals surface area contributed by atoms with Crippen molar-refractivity contribution in [3.8, 4) is 0 Å². The van der Waals surface area contributed by atoms with E-state index in [9.17, 15) is 24.6 Å². The van der Waals surface area contributed by atoms with E-state index in [2.05, 4.69) is 0 Å². The van der Waals surface area contributed by atoms with E-state index in [4.69, 9.17) is 9.47 Å². The normalized spacial score (nSPS) is 36.9. The number of carbonyl (C=O) groups is 3. The van der Waals surface area contributed by atoms with Gasteiger partial charge in [0.1, 0.15) is 23.6 Å². The van der Waals surface area contributed by atoms with Gasteiger partial charge in [-0.05, 0) is 50.8 Å². The van der Waals surface area contributed by atoms with Crippen molar-refractivity contribution in [1.82, 2.24) is 0 Å². The van der Waals surface area contributed by atoms with Crippen molar-refractivity contribution in [3.63, 3.8) is 0 Å². The fraction of sp³-hybridized carbons (Fsp3) is 0.552. The molecule has 196 valence electrons. The van der Waals surface area contributed by atoms with Gasteiger partial charge in [-0.2, -0.15) is 0 Å². The van der Waals surface area contributed by atoms with E-state index in [-0.39, 0.29) is 24.5 Å². The Balaban J connectivity index is 2.11. The highest BCUT2D eigenvalue weighted by Crippen LogP contribution is 2.48. The van der Waals surface area contributed by atoms with E-state index < -0.39 is 53.1 Å². The predicted octanol–water partition coefficient (Wildman–Crippen LogP) is 4.03. The lowest BCUT2D eigenvalue weighted by molar-refractivity contribution is -0.173. The smallest absolute Gasteiger partial charge is 0.338 e. The lowest BCUT2D eigenvalue weighted by Gasteiger charge is -2.40. The molecule has 0 bridgehead atoms.